The van der Waals surface area contributed by atoms with Crippen LogP contribution < -0.4 is 4.74 Å². The normalized spacial score (nSPS) is 15.1. The minimum atomic E-state index is 0.337. The third-order valence-corrected chi connectivity index (χ3v) is 6.74. The highest BCUT2D eigenvalue weighted by Gasteiger charge is 2.25. The molecule has 4 aromatic rings. The Balaban J connectivity index is 0.000000317. The molecule has 1 fully saturated rings. The Bertz CT molecular complexity index is 1380. The van der Waals surface area contributed by atoms with Gasteiger partial charge in [-0.05, 0) is 86.2 Å². The highest BCUT2D eigenvalue weighted by Crippen LogP contribution is 2.25. The van der Waals surface area contributed by atoms with Gasteiger partial charge in [-0.1, -0.05) is 49.2 Å². The summed E-state index contributed by atoms with van der Waals surface area (Å²) >= 11 is 6.61. The zero-order valence-electron chi connectivity index (χ0n) is 21.5. The van der Waals surface area contributed by atoms with Crippen LogP contribution in [0.25, 0.3) is 11.4 Å². The van der Waals surface area contributed by atoms with Crippen LogP contribution in [0.1, 0.15) is 37.6 Å². The van der Waals surface area contributed by atoms with E-state index < -0.39 is 0 Å². The summed E-state index contributed by atoms with van der Waals surface area (Å²) < 4.78 is 9.43. The summed E-state index contributed by atoms with van der Waals surface area (Å²) in [4.78, 5) is 10.9. The van der Waals surface area contributed by atoms with Crippen molar-refractivity contribution in [2.45, 2.75) is 32.9 Å². The minimum absolute atomic E-state index is 0.337. The van der Waals surface area contributed by atoms with E-state index in [1.807, 2.05) is 47.3 Å². The van der Waals surface area contributed by atoms with E-state index in [9.17, 15) is 0 Å². The van der Waals surface area contributed by atoms with Crippen LogP contribution in [-0.4, -0.2) is 49.6 Å². The summed E-state index contributed by atoms with van der Waals surface area (Å²) in [6, 6.07) is 20.1. The van der Waals surface area contributed by atoms with Crippen LogP contribution in [0.3, 0.4) is 0 Å². The molecule has 0 aliphatic carbocycles. The molecule has 1 aliphatic rings. The second kappa shape index (κ2) is 13.7. The summed E-state index contributed by atoms with van der Waals surface area (Å²) in [7, 11) is 0. The maximum Gasteiger partial charge on any atom is 0.131 e. The lowest BCUT2D eigenvalue weighted by atomic mass is 10.2. The van der Waals surface area contributed by atoms with Crippen LogP contribution in [0.15, 0.2) is 76.1 Å². The molecule has 0 saturated carbocycles. The number of ether oxygens (including phenoxy) is 1. The molecule has 7 nitrogen and oxygen atoms in total. The monoisotopic (exact) mass is 636 g/mol. The van der Waals surface area contributed by atoms with Gasteiger partial charge < -0.3 is 4.74 Å². The largest absolute Gasteiger partial charge is 0.493 e. The van der Waals surface area contributed by atoms with Gasteiger partial charge in [-0.2, -0.15) is 0 Å². The number of benzene rings is 1. The molecule has 38 heavy (non-hydrogen) atoms. The molecular weight excluding hydrogens is 608 g/mol. The van der Waals surface area contributed by atoms with Gasteiger partial charge in [-0.25, -0.2) is 14.6 Å². The molecule has 0 spiro atoms. The van der Waals surface area contributed by atoms with Crippen molar-refractivity contribution in [3.8, 4) is 29.5 Å². The van der Waals surface area contributed by atoms with Crippen LogP contribution in [0.5, 0.6) is 5.75 Å². The summed E-state index contributed by atoms with van der Waals surface area (Å²) in [5.74, 6) is 3.91. The molecule has 0 N–H and O–H groups in total. The first-order chi connectivity index (χ1) is 18.4. The molecule has 3 aromatic heterocycles. The topological polar surface area (TPSA) is 69.0 Å². The van der Waals surface area contributed by atoms with E-state index in [-0.39, 0.29) is 0 Å². The van der Waals surface area contributed by atoms with Gasteiger partial charge in [-0.15, -0.1) is 11.5 Å². The average molecular weight is 638 g/mol. The van der Waals surface area contributed by atoms with Crippen molar-refractivity contribution in [2.24, 2.45) is 5.92 Å². The van der Waals surface area contributed by atoms with Gasteiger partial charge in [0.05, 0.1) is 24.5 Å². The van der Waals surface area contributed by atoms with Crippen LogP contribution in [0, 0.1) is 18.3 Å². The van der Waals surface area contributed by atoms with Crippen molar-refractivity contribution in [2.75, 3.05) is 19.7 Å². The van der Waals surface area contributed by atoms with Gasteiger partial charge in [0, 0.05) is 19.6 Å². The fraction of sp³-hybridized carbons (Fsp3) is 0.310. The van der Waals surface area contributed by atoms with Crippen molar-refractivity contribution >= 4 is 31.9 Å². The van der Waals surface area contributed by atoms with E-state index in [2.05, 4.69) is 95.0 Å². The predicted octanol–water partition coefficient (Wildman–Crippen LogP) is 6.41. The molecule has 0 bridgehead atoms. The van der Waals surface area contributed by atoms with Gasteiger partial charge in [0.2, 0.25) is 0 Å². The summed E-state index contributed by atoms with van der Waals surface area (Å²) in [6.07, 6.45) is 8.16. The van der Waals surface area contributed by atoms with Crippen LogP contribution in [-0.2, 0) is 6.54 Å². The Morgan fingerprint density at radius 1 is 1.03 bits per heavy atom. The summed E-state index contributed by atoms with van der Waals surface area (Å²) in [5.41, 5.74) is 3.58. The number of pyridine rings is 2. The van der Waals surface area contributed by atoms with E-state index in [4.69, 9.17) is 11.2 Å². The molecule has 0 amide bonds. The van der Waals surface area contributed by atoms with Gasteiger partial charge >= 0.3 is 0 Å². The molecule has 196 valence electrons. The highest BCUT2D eigenvalue weighted by molar-refractivity contribution is 9.10. The predicted molar refractivity (Wildman–Crippen MR) is 157 cm³/mol. The standard InChI is InChI=1S/C22H26BrN5O.C7H4BrN/c1-16(2)15-29-19-6-3-5-17(11-19)12-27-10-9-18(13-27)28-14-21(25-26-28)20-7-4-8-22(23)24-20;1-2-6-4-3-5-7(8)9-6/h3-8,11,14,16,18H,9-10,12-13,15H2,1-2H3;1,3-5H. The van der Waals surface area contributed by atoms with E-state index in [1.54, 1.807) is 6.07 Å². The molecule has 0 radical (unpaired) electrons. The molecular formula is C29H30Br2N6O. The van der Waals surface area contributed by atoms with Crippen molar-refractivity contribution in [3.63, 3.8) is 0 Å². The summed E-state index contributed by atoms with van der Waals surface area (Å²) in [5, 5.41) is 8.69. The second-order valence-electron chi connectivity index (χ2n) is 9.45. The fourth-order valence-electron chi connectivity index (χ4n) is 4.04. The maximum atomic E-state index is 5.87. The van der Waals surface area contributed by atoms with E-state index in [1.165, 1.54) is 5.56 Å². The lowest BCUT2D eigenvalue weighted by molar-refractivity contribution is 0.269. The van der Waals surface area contributed by atoms with E-state index in [0.29, 0.717) is 17.7 Å². The zero-order valence-corrected chi connectivity index (χ0v) is 24.6. The lowest BCUT2D eigenvalue weighted by Gasteiger charge is -2.17. The third-order valence-electron chi connectivity index (χ3n) is 5.86. The Morgan fingerprint density at radius 3 is 2.50 bits per heavy atom. The third kappa shape index (κ3) is 8.22. The molecule has 9 heteroatoms. The Hall–Kier alpha value is -3.06. The smallest absolute Gasteiger partial charge is 0.131 e. The molecule has 1 saturated heterocycles. The van der Waals surface area contributed by atoms with Gasteiger partial charge in [-0.3, -0.25) is 4.90 Å². The molecule has 4 heterocycles. The molecule has 1 unspecified atom stereocenters. The first-order valence-electron chi connectivity index (χ1n) is 12.5. The van der Waals surface area contributed by atoms with Crippen LogP contribution in [0.2, 0.25) is 0 Å². The Kier molecular flexibility index (Phi) is 10.0. The number of nitrogens with zero attached hydrogens (tertiary/aromatic N) is 6. The average Bonchev–Trinajstić information content (AvgIpc) is 3.58. The minimum Gasteiger partial charge on any atom is -0.493 e. The lowest BCUT2D eigenvalue weighted by Crippen LogP contribution is -2.21. The van der Waals surface area contributed by atoms with Crippen molar-refractivity contribution in [1.82, 2.24) is 29.9 Å². The van der Waals surface area contributed by atoms with E-state index in [0.717, 1.165) is 59.0 Å². The maximum absolute atomic E-state index is 5.87. The first kappa shape index (κ1) is 28.0. The number of likely N-dealkylation sites (tertiary alicyclic amines) is 1. The molecule has 1 atom stereocenters. The number of rotatable bonds is 7. The second-order valence-corrected chi connectivity index (χ2v) is 11.1. The number of aromatic nitrogens is 5. The molecule has 1 aromatic carbocycles. The Morgan fingerprint density at radius 2 is 1.79 bits per heavy atom. The number of terminal acetylenes is 1. The van der Waals surface area contributed by atoms with Crippen molar-refractivity contribution in [3.05, 3.63) is 87.3 Å². The highest BCUT2D eigenvalue weighted by atomic mass is 79.9. The Labute approximate surface area is 240 Å². The van der Waals surface area contributed by atoms with Crippen molar-refractivity contribution < 1.29 is 4.74 Å². The van der Waals surface area contributed by atoms with E-state index >= 15 is 0 Å². The first-order valence-corrected chi connectivity index (χ1v) is 14.1. The zero-order chi connectivity index (χ0) is 26.9. The van der Waals surface area contributed by atoms with Crippen LogP contribution in [0.4, 0.5) is 0 Å². The summed E-state index contributed by atoms with van der Waals surface area (Å²) in [6.45, 7) is 8.01. The van der Waals surface area contributed by atoms with Gasteiger partial charge in [0.1, 0.15) is 26.3 Å². The van der Waals surface area contributed by atoms with Gasteiger partial charge in [0.25, 0.3) is 0 Å². The van der Waals surface area contributed by atoms with Crippen molar-refractivity contribution in [1.29, 1.82) is 0 Å². The molecule has 5 rings (SSSR count). The number of halogens is 2. The molecule has 1 aliphatic heterocycles. The fourth-order valence-corrected chi connectivity index (χ4v) is 4.73. The van der Waals surface area contributed by atoms with Crippen LogP contribution >= 0.6 is 31.9 Å². The number of hydrogen-bond acceptors (Lipinski definition) is 6. The van der Waals surface area contributed by atoms with Gasteiger partial charge in [0.15, 0.2) is 0 Å². The quantitative estimate of drug-likeness (QED) is 0.172. The SMILES string of the molecule is C#Cc1cccc(Br)n1.CC(C)COc1cccc(CN2CCC(n3cc(-c4cccc(Br)n4)nn3)C2)c1. The number of hydrogen-bond donors (Lipinski definition) is 0.